The number of rotatable bonds is 3. The maximum absolute atomic E-state index is 10.4. The third-order valence-electron chi connectivity index (χ3n) is 1.45. The summed E-state index contributed by atoms with van der Waals surface area (Å²) in [4.78, 5) is 10.4. The van der Waals surface area contributed by atoms with Gasteiger partial charge in [-0.2, -0.15) is 0 Å². The van der Waals surface area contributed by atoms with Gasteiger partial charge >= 0.3 is 5.97 Å². The van der Waals surface area contributed by atoms with Crippen LogP contribution in [0.25, 0.3) is 0 Å². The van der Waals surface area contributed by atoms with Crippen LogP contribution in [0, 0.1) is 5.41 Å². The van der Waals surface area contributed by atoms with Crippen molar-refractivity contribution < 1.29 is 32.3 Å². The monoisotopic (exact) mass is 237 g/mol. The second-order valence-corrected chi connectivity index (χ2v) is 2.94. The first-order valence-electron chi connectivity index (χ1n) is 3.24. The largest absolute Gasteiger partial charge is 0.481 e. The average Bonchev–Trinajstić information content (AvgIpc) is 1.65. The molecule has 0 saturated heterocycles. The first kappa shape index (κ1) is 12.8. The van der Waals surface area contributed by atoms with Crippen molar-refractivity contribution in [3.63, 3.8) is 0 Å². The van der Waals surface area contributed by atoms with Crippen LogP contribution in [0.3, 0.4) is 0 Å². The summed E-state index contributed by atoms with van der Waals surface area (Å²) in [5, 5.41) is 8.57. The summed E-state index contributed by atoms with van der Waals surface area (Å²) in [6.45, 7) is 5.49. The fraction of sp³-hybridized carbons (Fsp3) is 0.857. The van der Waals surface area contributed by atoms with E-state index in [9.17, 15) is 4.79 Å². The van der Waals surface area contributed by atoms with Gasteiger partial charge in [-0.05, 0) is 20.3 Å². The minimum absolute atomic E-state index is 0. The number of carboxylic acids is 1. The molecule has 1 radical (unpaired) electrons. The standard InChI is InChI=1S/C7H14O2.Ag/c1-4-5-7(2,3)6(8)9;/h4-5H2,1-3H3,(H,8,9);. The van der Waals surface area contributed by atoms with E-state index in [1.54, 1.807) is 13.8 Å². The number of aliphatic carboxylic acids is 1. The molecule has 0 aliphatic heterocycles. The summed E-state index contributed by atoms with van der Waals surface area (Å²) in [5.74, 6) is -0.704. The van der Waals surface area contributed by atoms with Crippen molar-refractivity contribution in [2.45, 2.75) is 33.6 Å². The van der Waals surface area contributed by atoms with Crippen LogP contribution < -0.4 is 0 Å². The van der Waals surface area contributed by atoms with E-state index in [-0.39, 0.29) is 22.4 Å². The molecular formula is C7H14AgO2. The first-order chi connectivity index (χ1) is 4.00. The second-order valence-electron chi connectivity index (χ2n) is 2.94. The molecule has 0 bridgehead atoms. The fourth-order valence-electron chi connectivity index (χ4n) is 0.732. The Labute approximate surface area is 77.5 Å². The quantitative estimate of drug-likeness (QED) is 0.762. The smallest absolute Gasteiger partial charge is 0.309 e. The molecule has 0 amide bonds. The summed E-state index contributed by atoms with van der Waals surface area (Å²) in [7, 11) is 0. The van der Waals surface area contributed by atoms with Gasteiger partial charge in [0.15, 0.2) is 0 Å². The molecule has 1 N–H and O–H groups in total. The van der Waals surface area contributed by atoms with Crippen LogP contribution in [0.2, 0.25) is 0 Å². The Hall–Kier alpha value is 0.210. The molecule has 0 heterocycles. The third-order valence-corrected chi connectivity index (χ3v) is 1.45. The number of hydrogen-bond acceptors (Lipinski definition) is 1. The van der Waals surface area contributed by atoms with Gasteiger partial charge < -0.3 is 5.11 Å². The molecule has 0 unspecified atom stereocenters. The predicted octanol–water partition coefficient (Wildman–Crippen LogP) is 1.89. The van der Waals surface area contributed by atoms with Crippen molar-refractivity contribution in [1.82, 2.24) is 0 Å². The molecule has 0 aromatic rings. The minimum Gasteiger partial charge on any atom is -0.481 e. The maximum Gasteiger partial charge on any atom is 0.309 e. The van der Waals surface area contributed by atoms with Gasteiger partial charge in [0.05, 0.1) is 5.41 Å². The van der Waals surface area contributed by atoms with E-state index in [1.165, 1.54) is 0 Å². The summed E-state index contributed by atoms with van der Waals surface area (Å²) < 4.78 is 0. The van der Waals surface area contributed by atoms with Crippen LogP contribution in [0.4, 0.5) is 0 Å². The summed E-state index contributed by atoms with van der Waals surface area (Å²) in [6, 6.07) is 0. The van der Waals surface area contributed by atoms with Crippen LogP contribution in [0.5, 0.6) is 0 Å². The van der Waals surface area contributed by atoms with E-state index >= 15 is 0 Å². The van der Waals surface area contributed by atoms with Crippen LogP contribution in [-0.4, -0.2) is 11.1 Å². The normalized spacial score (nSPS) is 10.3. The summed E-state index contributed by atoms with van der Waals surface area (Å²) in [5.41, 5.74) is -0.533. The van der Waals surface area contributed by atoms with Crippen molar-refractivity contribution in [3.05, 3.63) is 0 Å². The maximum atomic E-state index is 10.4. The van der Waals surface area contributed by atoms with Crippen LogP contribution in [-0.2, 0) is 27.2 Å². The molecular weight excluding hydrogens is 224 g/mol. The van der Waals surface area contributed by atoms with Crippen LogP contribution in [0.1, 0.15) is 33.6 Å². The van der Waals surface area contributed by atoms with Gasteiger partial charge in [0.1, 0.15) is 0 Å². The Kier molecular flexibility index (Phi) is 6.35. The van der Waals surface area contributed by atoms with E-state index in [1.807, 2.05) is 6.92 Å². The average molecular weight is 238 g/mol. The molecule has 0 spiro atoms. The van der Waals surface area contributed by atoms with E-state index < -0.39 is 11.4 Å². The summed E-state index contributed by atoms with van der Waals surface area (Å²) >= 11 is 0. The third kappa shape index (κ3) is 4.09. The van der Waals surface area contributed by atoms with Crippen LogP contribution >= 0.6 is 0 Å². The van der Waals surface area contributed by atoms with Gasteiger partial charge in [0.2, 0.25) is 0 Å². The van der Waals surface area contributed by atoms with Crippen LogP contribution in [0.15, 0.2) is 0 Å². The zero-order valence-electron chi connectivity index (χ0n) is 6.57. The first-order valence-corrected chi connectivity index (χ1v) is 3.24. The molecule has 3 heteroatoms. The molecule has 0 aliphatic carbocycles. The molecule has 0 saturated carbocycles. The van der Waals surface area contributed by atoms with E-state index in [2.05, 4.69) is 0 Å². The molecule has 0 rings (SSSR count). The van der Waals surface area contributed by atoms with E-state index in [0.29, 0.717) is 0 Å². The molecule has 0 atom stereocenters. The Bertz CT molecular complexity index is 110. The minimum atomic E-state index is -0.704. The van der Waals surface area contributed by atoms with Gasteiger partial charge in [-0.25, -0.2) is 0 Å². The van der Waals surface area contributed by atoms with Crippen molar-refractivity contribution in [1.29, 1.82) is 0 Å². The Morgan fingerprint density at radius 1 is 1.50 bits per heavy atom. The van der Waals surface area contributed by atoms with Crippen molar-refractivity contribution in [3.8, 4) is 0 Å². The Morgan fingerprint density at radius 2 is 1.90 bits per heavy atom. The fourth-order valence-corrected chi connectivity index (χ4v) is 0.732. The van der Waals surface area contributed by atoms with Gasteiger partial charge in [-0.1, -0.05) is 13.3 Å². The zero-order chi connectivity index (χ0) is 7.49. The molecule has 0 fully saturated rings. The summed E-state index contributed by atoms with van der Waals surface area (Å²) in [6.07, 6.45) is 1.68. The number of carboxylic acid groups (broad SMARTS) is 1. The van der Waals surface area contributed by atoms with Crippen molar-refractivity contribution in [2.75, 3.05) is 0 Å². The second kappa shape index (κ2) is 4.94. The SMILES string of the molecule is CCCC(C)(C)C(=O)O.[Ag]. The molecule has 0 aromatic carbocycles. The van der Waals surface area contributed by atoms with E-state index in [4.69, 9.17) is 5.11 Å². The number of carbonyl (C=O) groups is 1. The molecule has 65 valence electrons. The van der Waals surface area contributed by atoms with Gasteiger partial charge in [0, 0.05) is 22.4 Å². The Balaban J connectivity index is 0. The topological polar surface area (TPSA) is 37.3 Å². The molecule has 0 aromatic heterocycles. The van der Waals surface area contributed by atoms with E-state index in [0.717, 1.165) is 12.8 Å². The van der Waals surface area contributed by atoms with Crippen molar-refractivity contribution >= 4 is 5.97 Å². The Morgan fingerprint density at radius 3 is 2.00 bits per heavy atom. The van der Waals surface area contributed by atoms with Gasteiger partial charge in [0.25, 0.3) is 0 Å². The molecule has 10 heavy (non-hydrogen) atoms. The van der Waals surface area contributed by atoms with Gasteiger partial charge in [-0.15, -0.1) is 0 Å². The number of hydrogen-bond donors (Lipinski definition) is 1. The predicted molar refractivity (Wildman–Crippen MR) is 36.3 cm³/mol. The molecule has 0 aliphatic rings. The van der Waals surface area contributed by atoms with Crippen molar-refractivity contribution in [2.24, 2.45) is 5.41 Å². The zero-order valence-corrected chi connectivity index (χ0v) is 8.05. The molecule has 2 nitrogen and oxygen atoms in total. The van der Waals surface area contributed by atoms with Gasteiger partial charge in [-0.3, -0.25) is 4.79 Å².